The highest BCUT2D eigenvalue weighted by atomic mass is 79.9. The highest BCUT2D eigenvalue weighted by Crippen LogP contribution is 2.47. The molecule has 140 valence electrons. The Balaban J connectivity index is 2.12. The van der Waals surface area contributed by atoms with Crippen LogP contribution in [0.15, 0.2) is 3.79 Å². The Morgan fingerprint density at radius 2 is 2.12 bits per heavy atom. The predicted octanol–water partition coefficient (Wildman–Crippen LogP) is 3.41. The average Bonchev–Trinajstić information content (AvgIpc) is 2.83. The molecule has 0 saturated carbocycles. The average molecular weight is 435 g/mol. The van der Waals surface area contributed by atoms with Crippen molar-refractivity contribution in [3.8, 4) is 5.75 Å². The van der Waals surface area contributed by atoms with Crippen LogP contribution in [-0.2, 0) is 9.47 Å². The number of fused-ring (bicyclic) bond motifs is 1. The molecule has 7 nitrogen and oxygen atoms in total. The summed E-state index contributed by atoms with van der Waals surface area (Å²) in [7, 11) is 1.35. The van der Waals surface area contributed by atoms with E-state index in [1.54, 1.807) is 0 Å². The number of ether oxygens (including phenoxy) is 3. The summed E-state index contributed by atoms with van der Waals surface area (Å²) in [5, 5.41) is 2.82. The molecule has 0 radical (unpaired) electrons. The Morgan fingerprint density at radius 1 is 1.44 bits per heavy atom. The van der Waals surface area contributed by atoms with Crippen LogP contribution >= 0.6 is 27.3 Å². The number of nitrogens with one attached hydrogen (secondary N) is 1. The minimum atomic E-state index is -0.549. The van der Waals surface area contributed by atoms with Crippen molar-refractivity contribution in [2.75, 3.05) is 31.7 Å². The van der Waals surface area contributed by atoms with E-state index in [0.29, 0.717) is 36.0 Å². The fraction of sp³-hybridized carbons (Fsp3) is 0.625. The van der Waals surface area contributed by atoms with Gasteiger partial charge in [0.25, 0.3) is 0 Å². The molecule has 1 aliphatic rings. The number of rotatable bonds is 4. The van der Waals surface area contributed by atoms with E-state index in [-0.39, 0.29) is 6.04 Å². The molecule has 9 heteroatoms. The highest BCUT2D eigenvalue weighted by Gasteiger charge is 2.31. The molecule has 1 amide bonds. The van der Waals surface area contributed by atoms with Gasteiger partial charge in [-0.1, -0.05) is 0 Å². The first kappa shape index (κ1) is 19.8. The number of carbonyl (C=O) groups is 2. The van der Waals surface area contributed by atoms with E-state index in [1.807, 2.05) is 32.6 Å². The molecular weight excluding hydrogens is 412 g/mol. The van der Waals surface area contributed by atoms with E-state index in [1.165, 1.54) is 18.4 Å². The molecule has 2 rings (SSSR count). The van der Waals surface area contributed by atoms with Gasteiger partial charge in [0.2, 0.25) is 0 Å². The minimum Gasteiger partial charge on any atom is -0.487 e. The van der Waals surface area contributed by atoms with Crippen LogP contribution in [0.2, 0.25) is 0 Å². The summed E-state index contributed by atoms with van der Waals surface area (Å²) in [6.07, 6.45) is -0.465. The Morgan fingerprint density at radius 3 is 2.72 bits per heavy atom. The number of methoxy groups -OCH3 is 1. The van der Waals surface area contributed by atoms with Crippen LogP contribution in [-0.4, -0.2) is 50.5 Å². The van der Waals surface area contributed by atoms with E-state index >= 15 is 0 Å². The number of carbonyl (C=O) groups excluding carboxylic acids is 2. The molecule has 25 heavy (non-hydrogen) atoms. The third-order valence-corrected chi connectivity index (χ3v) is 5.13. The summed E-state index contributed by atoms with van der Waals surface area (Å²) in [6, 6.07) is -0.176. The van der Waals surface area contributed by atoms with Crippen molar-refractivity contribution in [2.45, 2.75) is 39.3 Å². The lowest BCUT2D eigenvalue weighted by Gasteiger charge is -2.32. The number of anilines is 1. The maximum atomic E-state index is 12.1. The van der Waals surface area contributed by atoms with Gasteiger partial charge in [-0.25, -0.2) is 9.59 Å². The monoisotopic (exact) mass is 434 g/mol. The topological polar surface area (TPSA) is 77.1 Å². The van der Waals surface area contributed by atoms with Crippen molar-refractivity contribution in [3.63, 3.8) is 0 Å². The first-order valence-corrected chi connectivity index (χ1v) is 9.51. The van der Waals surface area contributed by atoms with Gasteiger partial charge in [0.1, 0.15) is 26.6 Å². The van der Waals surface area contributed by atoms with Crippen LogP contribution in [0.5, 0.6) is 5.75 Å². The van der Waals surface area contributed by atoms with E-state index in [4.69, 9.17) is 14.2 Å². The van der Waals surface area contributed by atoms with E-state index < -0.39 is 17.7 Å². The van der Waals surface area contributed by atoms with Gasteiger partial charge in [0.15, 0.2) is 5.75 Å². The summed E-state index contributed by atoms with van der Waals surface area (Å²) >= 11 is 4.72. The highest BCUT2D eigenvalue weighted by molar-refractivity contribution is 9.11. The van der Waals surface area contributed by atoms with Gasteiger partial charge in [-0.15, -0.1) is 11.3 Å². The van der Waals surface area contributed by atoms with Gasteiger partial charge in [-0.2, -0.15) is 0 Å². The third-order valence-electron chi connectivity index (χ3n) is 3.35. The van der Waals surface area contributed by atoms with Crippen LogP contribution in [0, 0.1) is 0 Å². The number of amides is 1. The Kier molecular flexibility index (Phi) is 6.21. The normalized spacial score (nSPS) is 15.0. The van der Waals surface area contributed by atoms with Crippen molar-refractivity contribution in [3.05, 3.63) is 8.66 Å². The summed E-state index contributed by atoms with van der Waals surface area (Å²) in [5.74, 6) is 0.233. The van der Waals surface area contributed by atoms with Gasteiger partial charge < -0.3 is 24.4 Å². The van der Waals surface area contributed by atoms with E-state index in [0.717, 1.165) is 3.79 Å². The van der Waals surface area contributed by atoms with Crippen LogP contribution in [0.1, 0.15) is 37.4 Å². The zero-order valence-electron chi connectivity index (χ0n) is 15.0. The fourth-order valence-electron chi connectivity index (χ4n) is 2.46. The number of halogens is 1. The van der Waals surface area contributed by atoms with E-state index in [2.05, 4.69) is 21.2 Å². The maximum Gasteiger partial charge on any atom is 0.407 e. The second-order valence-corrected chi connectivity index (χ2v) is 9.05. The SMILES string of the molecule is COC(=O)c1sc(Br)c2c1N(C[C@H](C)NC(=O)OC(C)(C)C)CCO2. The summed E-state index contributed by atoms with van der Waals surface area (Å²) < 4.78 is 16.6. The third kappa shape index (κ3) is 5.01. The predicted molar refractivity (Wildman–Crippen MR) is 99.9 cm³/mol. The first-order valence-electron chi connectivity index (χ1n) is 7.90. The molecule has 0 fully saturated rings. The quantitative estimate of drug-likeness (QED) is 0.731. The number of thiophene rings is 1. The van der Waals surface area contributed by atoms with Crippen LogP contribution in [0.25, 0.3) is 0 Å². The lowest BCUT2D eigenvalue weighted by Crippen LogP contribution is -2.46. The molecule has 0 spiro atoms. The Bertz CT molecular complexity index is 656. The smallest absolute Gasteiger partial charge is 0.407 e. The number of nitrogens with zero attached hydrogens (tertiary/aromatic N) is 1. The molecule has 1 aliphatic heterocycles. The zero-order chi connectivity index (χ0) is 18.8. The van der Waals surface area contributed by atoms with Gasteiger partial charge >= 0.3 is 12.1 Å². The van der Waals surface area contributed by atoms with Gasteiger partial charge in [0, 0.05) is 12.6 Å². The van der Waals surface area contributed by atoms with Crippen LogP contribution in [0.3, 0.4) is 0 Å². The molecular formula is C16H23BrN2O5S. The standard InChI is InChI=1S/C16H23BrN2O5S/c1-9(18-15(21)24-16(2,3)4)8-19-6-7-23-11-10(19)12(14(20)22-5)25-13(11)17/h9H,6-8H2,1-5H3,(H,18,21)/t9-/m0/s1. The number of esters is 1. The van der Waals surface area contributed by atoms with Crippen molar-refractivity contribution in [1.82, 2.24) is 5.32 Å². The van der Waals surface area contributed by atoms with Crippen molar-refractivity contribution in [2.24, 2.45) is 0 Å². The number of hydrogen-bond acceptors (Lipinski definition) is 7. The molecule has 2 heterocycles. The first-order chi connectivity index (χ1) is 11.6. The molecule has 0 saturated heterocycles. The molecule has 1 atom stereocenters. The second kappa shape index (κ2) is 7.82. The van der Waals surface area contributed by atoms with Crippen LogP contribution in [0.4, 0.5) is 10.5 Å². The molecule has 1 aromatic rings. The largest absolute Gasteiger partial charge is 0.487 e. The molecule has 1 N–H and O–H groups in total. The van der Waals surface area contributed by atoms with Crippen molar-refractivity contribution < 1.29 is 23.8 Å². The fourth-order valence-corrected chi connectivity index (χ4v) is 4.16. The Hall–Kier alpha value is -1.48. The van der Waals surface area contributed by atoms with Gasteiger partial charge in [-0.3, -0.25) is 0 Å². The minimum absolute atomic E-state index is 0.176. The summed E-state index contributed by atoms with van der Waals surface area (Å²) in [5.41, 5.74) is 0.152. The van der Waals surface area contributed by atoms with E-state index in [9.17, 15) is 9.59 Å². The summed E-state index contributed by atoms with van der Waals surface area (Å²) in [4.78, 5) is 26.5. The molecule has 0 aliphatic carbocycles. The second-order valence-electron chi connectivity index (χ2n) is 6.72. The summed E-state index contributed by atoms with van der Waals surface area (Å²) in [6.45, 7) is 8.97. The van der Waals surface area contributed by atoms with Crippen molar-refractivity contribution >= 4 is 45.0 Å². The number of hydrogen-bond donors (Lipinski definition) is 1. The number of alkyl carbamates (subject to hydrolysis) is 1. The molecule has 1 aromatic heterocycles. The zero-order valence-corrected chi connectivity index (χ0v) is 17.4. The van der Waals surface area contributed by atoms with Gasteiger partial charge in [-0.05, 0) is 43.6 Å². The van der Waals surface area contributed by atoms with Crippen LogP contribution < -0.4 is 15.0 Å². The lowest BCUT2D eigenvalue weighted by atomic mass is 10.2. The molecule has 0 unspecified atom stereocenters. The molecule has 0 bridgehead atoms. The maximum absolute atomic E-state index is 12.1. The Labute approximate surface area is 159 Å². The van der Waals surface area contributed by atoms with Gasteiger partial charge in [0.05, 0.1) is 13.7 Å². The lowest BCUT2D eigenvalue weighted by molar-refractivity contribution is 0.0508. The molecule has 0 aromatic carbocycles. The van der Waals surface area contributed by atoms with Crippen molar-refractivity contribution in [1.29, 1.82) is 0 Å².